The summed E-state index contributed by atoms with van der Waals surface area (Å²) in [6.07, 6.45) is -3.48. The zero-order valence-corrected chi connectivity index (χ0v) is 9.05. The first-order valence-corrected chi connectivity index (χ1v) is 4.73. The Morgan fingerprint density at radius 1 is 1.44 bits per heavy atom. The van der Waals surface area contributed by atoms with Gasteiger partial charge in [0.05, 0.1) is 18.8 Å². The number of azide groups is 1. The van der Waals surface area contributed by atoms with Crippen LogP contribution in [-0.2, 0) is 14.2 Å². The molecule has 0 saturated carbocycles. The van der Waals surface area contributed by atoms with Crippen molar-refractivity contribution in [3.8, 4) is 0 Å². The van der Waals surface area contributed by atoms with E-state index in [1.54, 1.807) is 0 Å². The van der Waals surface area contributed by atoms with Crippen LogP contribution in [0.3, 0.4) is 0 Å². The first kappa shape index (κ1) is 13.2. The summed E-state index contributed by atoms with van der Waals surface area (Å²) in [7, 11) is 2.79. The smallest absolute Gasteiger partial charge is 0.184 e. The minimum atomic E-state index is -1.13. The van der Waals surface area contributed by atoms with Crippen molar-refractivity contribution in [3.63, 3.8) is 0 Å². The third kappa shape index (κ3) is 2.43. The Hall–Kier alpha value is -0.890. The molecule has 1 aliphatic rings. The molecule has 16 heavy (non-hydrogen) atoms. The number of hydrogen-bond donors (Lipinski definition) is 2. The summed E-state index contributed by atoms with van der Waals surface area (Å²) in [5.41, 5.74) is 8.42. The monoisotopic (exact) mass is 233 g/mol. The van der Waals surface area contributed by atoms with E-state index in [-0.39, 0.29) is 0 Å². The fraction of sp³-hybridized carbons (Fsp3) is 1.00. The zero-order chi connectivity index (χ0) is 12.1. The minimum Gasteiger partial charge on any atom is -0.394 e. The van der Waals surface area contributed by atoms with E-state index in [2.05, 4.69) is 10.0 Å². The normalized spacial score (nSPS) is 39.1. The predicted octanol–water partition coefficient (Wildman–Crippen LogP) is -0.595. The number of nitrogens with zero attached hydrogens (tertiary/aromatic N) is 3. The number of methoxy groups -OCH3 is 2. The molecule has 1 heterocycles. The Morgan fingerprint density at radius 3 is 2.56 bits per heavy atom. The Labute approximate surface area is 92.4 Å². The fourth-order valence-corrected chi connectivity index (χ4v) is 1.69. The Morgan fingerprint density at radius 2 is 2.12 bits per heavy atom. The molecule has 0 aromatic heterocycles. The third-order valence-corrected chi connectivity index (χ3v) is 2.51. The number of hydrogen-bond acceptors (Lipinski definition) is 6. The molecule has 1 rings (SSSR count). The van der Waals surface area contributed by atoms with Crippen LogP contribution in [0.1, 0.15) is 0 Å². The fourth-order valence-electron chi connectivity index (χ4n) is 1.69. The van der Waals surface area contributed by atoms with Gasteiger partial charge in [0, 0.05) is 19.1 Å². The molecule has 0 aliphatic carbocycles. The van der Waals surface area contributed by atoms with Gasteiger partial charge in [0.25, 0.3) is 0 Å². The van der Waals surface area contributed by atoms with Crippen molar-refractivity contribution in [2.24, 2.45) is 5.11 Å². The maximum Gasteiger partial charge on any atom is 0.184 e. The molecule has 8 nitrogen and oxygen atoms in total. The van der Waals surface area contributed by atoms with Crippen molar-refractivity contribution in [2.45, 2.75) is 30.6 Å². The molecule has 0 aromatic rings. The van der Waals surface area contributed by atoms with Crippen LogP contribution in [-0.4, -0.2) is 61.7 Å². The second-order valence-corrected chi connectivity index (χ2v) is 3.35. The summed E-state index contributed by atoms with van der Waals surface area (Å²) in [6.45, 7) is -0.394. The highest BCUT2D eigenvalue weighted by atomic mass is 16.7. The largest absolute Gasteiger partial charge is 0.394 e. The third-order valence-electron chi connectivity index (χ3n) is 2.51. The van der Waals surface area contributed by atoms with Gasteiger partial charge in [0.15, 0.2) is 6.29 Å². The molecular formula is C8H15N3O5. The van der Waals surface area contributed by atoms with E-state index in [9.17, 15) is 5.11 Å². The van der Waals surface area contributed by atoms with Gasteiger partial charge in [-0.1, -0.05) is 5.11 Å². The molecule has 5 atom stereocenters. The van der Waals surface area contributed by atoms with Crippen LogP contribution < -0.4 is 0 Å². The molecule has 1 aliphatic heterocycles. The van der Waals surface area contributed by atoms with Gasteiger partial charge in [-0.05, 0) is 5.53 Å². The van der Waals surface area contributed by atoms with Crippen LogP contribution in [0.2, 0.25) is 0 Å². The Balaban J connectivity index is 2.92. The topological polar surface area (TPSA) is 117 Å². The van der Waals surface area contributed by atoms with Gasteiger partial charge in [-0.15, -0.1) is 0 Å². The summed E-state index contributed by atoms with van der Waals surface area (Å²) in [4.78, 5) is 2.64. The maximum atomic E-state index is 9.79. The number of ether oxygens (including phenoxy) is 3. The van der Waals surface area contributed by atoms with Crippen LogP contribution in [0.15, 0.2) is 5.11 Å². The molecule has 2 N–H and O–H groups in total. The van der Waals surface area contributed by atoms with Crippen LogP contribution >= 0.6 is 0 Å². The van der Waals surface area contributed by atoms with E-state index in [0.717, 1.165) is 0 Å². The molecular weight excluding hydrogens is 218 g/mol. The quantitative estimate of drug-likeness (QED) is 0.382. The SMILES string of the molecule is CO[C@@H]1O[C@H](CO)[C@H](O)[C@@H](N=[N+]=[N-])[C@H]1OC. The van der Waals surface area contributed by atoms with E-state index in [0.29, 0.717) is 0 Å². The molecule has 0 amide bonds. The lowest BCUT2D eigenvalue weighted by atomic mass is 9.97. The van der Waals surface area contributed by atoms with Crippen LogP contribution in [0.5, 0.6) is 0 Å². The van der Waals surface area contributed by atoms with Gasteiger partial charge in [-0.25, -0.2) is 0 Å². The van der Waals surface area contributed by atoms with E-state index in [1.807, 2.05) is 0 Å². The number of rotatable bonds is 4. The van der Waals surface area contributed by atoms with E-state index in [4.69, 9.17) is 24.8 Å². The van der Waals surface area contributed by atoms with Gasteiger partial charge >= 0.3 is 0 Å². The van der Waals surface area contributed by atoms with Crippen molar-refractivity contribution >= 4 is 0 Å². The highest BCUT2D eigenvalue weighted by molar-refractivity contribution is 4.94. The predicted molar refractivity (Wildman–Crippen MR) is 52.5 cm³/mol. The lowest BCUT2D eigenvalue weighted by Crippen LogP contribution is -2.58. The molecule has 1 saturated heterocycles. The standard InChI is InChI=1S/C8H15N3O5/c1-14-7-5(10-11-9)6(13)4(3-12)16-8(7)15-2/h4-8,12-13H,3H2,1-2H3/t4-,5-,6+,7-,8-/m1/s1. The van der Waals surface area contributed by atoms with Gasteiger partial charge in [0.1, 0.15) is 12.2 Å². The highest BCUT2D eigenvalue weighted by Gasteiger charge is 2.45. The van der Waals surface area contributed by atoms with E-state index >= 15 is 0 Å². The molecule has 0 aromatic carbocycles. The van der Waals surface area contributed by atoms with Gasteiger partial charge in [-0.3, -0.25) is 0 Å². The average molecular weight is 233 g/mol. The van der Waals surface area contributed by atoms with Crippen LogP contribution in [0, 0.1) is 0 Å². The van der Waals surface area contributed by atoms with Crippen LogP contribution in [0.4, 0.5) is 0 Å². The van der Waals surface area contributed by atoms with Crippen molar-refractivity contribution < 1.29 is 24.4 Å². The second kappa shape index (κ2) is 6.00. The molecule has 0 unspecified atom stereocenters. The first-order chi connectivity index (χ1) is 7.69. The van der Waals surface area contributed by atoms with Gasteiger partial charge < -0.3 is 24.4 Å². The summed E-state index contributed by atoms with van der Waals surface area (Å²) in [5.74, 6) is 0. The molecule has 1 fully saturated rings. The van der Waals surface area contributed by atoms with Gasteiger partial charge in [0.2, 0.25) is 0 Å². The van der Waals surface area contributed by atoms with E-state index < -0.39 is 37.3 Å². The lowest BCUT2D eigenvalue weighted by Gasteiger charge is -2.41. The first-order valence-electron chi connectivity index (χ1n) is 4.73. The molecule has 92 valence electrons. The van der Waals surface area contributed by atoms with Crippen LogP contribution in [0.25, 0.3) is 10.4 Å². The van der Waals surface area contributed by atoms with Crippen molar-refractivity contribution in [1.82, 2.24) is 0 Å². The summed E-state index contributed by atoms with van der Waals surface area (Å²) >= 11 is 0. The minimum absolute atomic E-state index is 0.394. The summed E-state index contributed by atoms with van der Waals surface area (Å²) < 4.78 is 15.3. The second-order valence-electron chi connectivity index (χ2n) is 3.35. The zero-order valence-electron chi connectivity index (χ0n) is 9.05. The average Bonchev–Trinajstić information content (AvgIpc) is 2.31. The summed E-state index contributed by atoms with van der Waals surface area (Å²) in [6, 6.07) is -0.856. The van der Waals surface area contributed by atoms with Gasteiger partial charge in [-0.2, -0.15) is 0 Å². The van der Waals surface area contributed by atoms with Crippen molar-refractivity contribution in [2.75, 3.05) is 20.8 Å². The maximum absolute atomic E-state index is 9.79. The molecule has 0 radical (unpaired) electrons. The Kier molecular flexibility index (Phi) is 4.94. The van der Waals surface area contributed by atoms with Crippen molar-refractivity contribution in [3.05, 3.63) is 10.4 Å². The summed E-state index contributed by atoms with van der Waals surface area (Å²) in [5, 5.41) is 22.2. The Bertz CT molecular complexity index is 270. The molecule has 0 spiro atoms. The number of aliphatic hydroxyl groups is 2. The molecule has 8 heteroatoms. The molecule has 0 bridgehead atoms. The lowest BCUT2D eigenvalue weighted by molar-refractivity contribution is -0.272. The highest BCUT2D eigenvalue weighted by Crippen LogP contribution is 2.25. The number of aliphatic hydroxyl groups excluding tert-OH is 2. The van der Waals surface area contributed by atoms with E-state index in [1.165, 1.54) is 14.2 Å². The van der Waals surface area contributed by atoms with Crippen molar-refractivity contribution in [1.29, 1.82) is 0 Å².